The van der Waals surface area contributed by atoms with Gasteiger partial charge in [-0.05, 0) is 31.2 Å². The van der Waals surface area contributed by atoms with Crippen molar-refractivity contribution in [1.29, 1.82) is 0 Å². The Morgan fingerprint density at radius 1 is 1.38 bits per heavy atom. The molecule has 0 saturated carbocycles. The van der Waals surface area contributed by atoms with Crippen molar-refractivity contribution in [1.82, 2.24) is 15.1 Å². The molecule has 3 rings (SSSR count). The number of ether oxygens (including phenoxy) is 1. The molecule has 0 radical (unpaired) electrons. The van der Waals surface area contributed by atoms with Crippen LogP contribution in [0.4, 0.5) is 0 Å². The summed E-state index contributed by atoms with van der Waals surface area (Å²) >= 11 is 6.21. The van der Waals surface area contributed by atoms with Crippen LogP contribution in [-0.2, 0) is 19.5 Å². The van der Waals surface area contributed by atoms with Crippen molar-refractivity contribution >= 4 is 11.6 Å². The summed E-state index contributed by atoms with van der Waals surface area (Å²) < 4.78 is 7.77. The van der Waals surface area contributed by atoms with Crippen molar-refractivity contribution in [2.45, 2.75) is 33.4 Å². The Kier molecular flexibility index (Phi) is 4.17. The van der Waals surface area contributed by atoms with Gasteiger partial charge in [0.2, 0.25) is 0 Å². The van der Waals surface area contributed by atoms with Crippen LogP contribution in [-0.4, -0.2) is 22.9 Å². The Labute approximate surface area is 130 Å². The number of hydrogen-bond donors (Lipinski definition) is 1. The molecule has 0 bridgehead atoms. The molecular weight excluding hydrogens is 286 g/mol. The van der Waals surface area contributed by atoms with E-state index < -0.39 is 0 Å². The maximum absolute atomic E-state index is 6.21. The molecule has 1 aliphatic rings. The van der Waals surface area contributed by atoms with Gasteiger partial charge in [0.15, 0.2) is 0 Å². The molecule has 0 amide bonds. The van der Waals surface area contributed by atoms with Crippen molar-refractivity contribution in [3.63, 3.8) is 0 Å². The minimum Gasteiger partial charge on any atom is -0.493 e. The molecule has 0 spiro atoms. The lowest BCUT2D eigenvalue weighted by Gasteiger charge is -2.11. The molecule has 2 heterocycles. The van der Waals surface area contributed by atoms with E-state index >= 15 is 0 Å². The van der Waals surface area contributed by atoms with Crippen LogP contribution < -0.4 is 10.1 Å². The first-order valence-corrected chi connectivity index (χ1v) is 7.73. The van der Waals surface area contributed by atoms with Gasteiger partial charge in [-0.25, -0.2) is 0 Å². The van der Waals surface area contributed by atoms with Crippen LogP contribution >= 0.6 is 11.6 Å². The van der Waals surface area contributed by atoms with Gasteiger partial charge in [-0.2, -0.15) is 5.10 Å². The number of halogens is 1. The molecule has 0 saturated heterocycles. The number of benzene rings is 1. The number of nitrogens with zero attached hydrogens (tertiary/aromatic N) is 2. The number of hydrogen-bond acceptors (Lipinski definition) is 3. The Bertz CT molecular complexity index is 651. The predicted molar refractivity (Wildman–Crippen MR) is 84.1 cm³/mol. The third kappa shape index (κ3) is 2.92. The maximum Gasteiger partial charge on any atom is 0.127 e. The molecular formula is C16H20ClN3O. The van der Waals surface area contributed by atoms with Crippen molar-refractivity contribution in [3.05, 3.63) is 45.7 Å². The van der Waals surface area contributed by atoms with Gasteiger partial charge in [-0.1, -0.05) is 18.5 Å². The van der Waals surface area contributed by atoms with Gasteiger partial charge in [0.25, 0.3) is 0 Å². The molecule has 1 aromatic carbocycles. The Morgan fingerprint density at radius 3 is 3.05 bits per heavy atom. The molecule has 2 aromatic rings. The lowest BCUT2D eigenvalue weighted by Crippen LogP contribution is -2.13. The van der Waals surface area contributed by atoms with Crippen molar-refractivity contribution in [2.24, 2.45) is 0 Å². The fourth-order valence-corrected chi connectivity index (χ4v) is 2.97. The summed E-state index contributed by atoms with van der Waals surface area (Å²) in [5, 5.41) is 8.60. The number of nitrogens with one attached hydrogen (secondary N) is 1. The molecule has 0 atom stereocenters. The molecule has 5 heteroatoms. The van der Waals surface area contributed by atoms with Gasteiger partial charge < -0.3 is 10.1 Å². The van der Waals surface area contributed by atoms with E-state index in [2.05, 4.69) is 24.3 Å². The Morgan fingerprint density at radius 2 is 2.24 bits per heavy atom. The summed E-state index contributed by atoms with van der Waals surface area (Å²) in [5.41, 5.74) is 4.73. The number of aromatic nitrogens is 2. The zero-order chi connectivity index (χ0) is 14.8. The van der Waals surface area contributed by atoms with Crippen LogP contribution in [0.15, 0.2) is 18.3 Å². The van der Waals surface area contributed by atoms with Gasteiger partial charge in [-0.15, -0.1) is 0 Å². The highest BCUT2D eigenvalue weighted by Crippen LogP contribution is 2.33. The fraction of sp³-hybridized carbons (Fsp3) is 0.438. The Balaban J connectivity index is 1.86. The van der Waals surface area contributed by atoms with E-state index in [-0.39, 0.29) is 0 Å². The summed E-state index contributed by atoms with van der Waals surface area (Å²) in [6.07, 6.45) is 2.87. The fourth-order valence-electron chi connectivity index (χ4n) is 2.70. The minimum atomic E-state index is 0.695. The first-order valence-electron chi connectivity index (χ1n) is 7.35. The lowest BCUT2D eigenvalue weighted by molar-refractivity contribution is 0.352. The molecule has 1 aromatic heterocycles. The van der Waals surface area contributed by atoms with Gasteiger partial charge in [0, 0.05) is 34.8 Å². The standard InChI is InChI=1S/C16H20ClN3O/c1-3-18-8-14-9-19-20(11(14)2)10-13-7-15(17)6-12-4-5-21-16(12)13/h6-7,9,18H,3-5,8,10H2,1-2H3. The normalized spacial score (nSPS) is 13.3. The van der Waals surface area contributed by atoms with Crippen LogP contribution in [0.1, 0.15) is 29.3 Å². The van der Waals surface area contributed by atoms with Gasteiger partial charge in [0.1, 0.15) is 5.75 Å². The van der Waals surface area contributed by atoms with Crippen molar-refractivity contribution in [2.75, 3.05) is 13.2 Å². The molecule has 4 nitrogen and oxygen atoms in total. The van der Waals surface area contributed by atoms with Crippen LogP contribution in [0.3, 0.4) is 0 Å². The second-order valence-corrected chi connectivity index (χ2v) is 5.78. The van der Waals surface area contributed by atoms with Crippen molar-refractivity contribution in [3.8, 4) is 5.75 Å². The molecule has 112 valence electrons. The molecule has 0 aliphatic carbocycles. The molecule has 1 N–H and O–H groups in total. The lowest BCUT2D eigenvalue weighted by atomic mass is 10.1. The molecule has 0 fully saturated rings. The highest BCUT2D eigenvalue weighted by molar-refractivity contribution is 6.30. The van der Waals surface area contributed by atoms with E-state index in [0.717, 1.165) is 42.5 Å². The smallest absolute Gasteiger partial charge is 0.127 e. The van der Waals surface area contributed by atoms with E-state index in [1.54, 1.807) is 0 Å². The molecule has 0 unspecified atom stereocenters. The van der Waals surface area contributed by atoms with E-state index in [9.17, 15) is 0 Å². The zero-order valence-corrected chi connectivity index (χ0v) is 13.2. The van der Waals surface area contributed by atoms with Crippen LogP contribution in [0.25, 0.3) is 0 Å². The van der Waals surface area contributed by atoms with E-state index in [1.165, 1.54) is 16.8 Å². The highest BCUT2D eigenvalue weighted by atomic mass is 35.5. The average Bonchev–Trinajstić information content (AvgIpc) is 3.05. The van der Waals surface area contributed by atoms with E-state index in [0.29, 0.717) is 6.54 Å². The van der Waals surface area contributed by atoms with Gasteiger partial charge >= 0.3 is 0 Å². The van der Waals surface area contributed by atoms with Crippen molar-refractivity contribution < 1.29 is 4.74 Å². The zero-order valence-electron chi connectivity index (χ0n) is 12.4. The highest BCUT2D eigenvalue weighted by Gasteiger charge is 2.18. The van der Waals surface area contributed by atoms with Gasteiger partial charge in [-0.3, -0.25) is 4.68 Å². The summed E-state index contributed by atoms with van der Waals surface area (Å²) in [6, 6.07) is 3.98. The summed E-state index contributed by atoms with van der Waals surface area (Å²) in [4.78, 5) is 0. The van der Waals surface area contributed by atoms with Gasteiger partial charge in [0.05, 0.1) is 19.3 Å². The second kappa shape index (κ2) is 6.08. The Hall–Kier alpha value is -1.52. The van der Waals surface area contributed by atoms with Crippen LogP contribution in [0.5, 0.6) is 5.75 Å². The third-order valence-electron chi connectivity index (χ3n) is 3.92. The first-order chi connectivity index (χ1) is 10.2. The monoisotopic (exact) mass is 305 g/mol. The minimum absolute atomic E-state index is 0.695. The number of fused-ring (bicyclic) bond motifs is 1. The van der Waals surface area contributed by atoms with E-state index in [1.807, 2.05) is 23.0 Å². The van der Waals surface area contributed by atoms with Crippen LogP contribution in [0, 0.1) is 6.92 Å². The quantitative estimate of drug-likeness (QED) is 0.923. The predicted octanol–water partition coefficient (Wildman–Crippen LogP) is 2.94. The number of rotatable bonds is 5. The summed E-state index contributed by atoms with van der Waals surface area (Å²) in [7, 11) is 0. The second-order valence-electron chi connectivity index (χ2n) is 5.34. The largest absolute Gasteiger partial charge is 0.493 e. The molecule has 1 aliphatic heterocycles. The first kappa shape index (κ1) is 14.4. The maximum atomic E-state index is 6.21. The topological polar surface area (TPSA) is 39.1 Å². The van der Waals surface area contributed by atoms with Crippen LogP contribution in [0.2, 0.25) is 5.02 Å². The summed E-state index contributed by atoms with van der Waals surface area (Å²) in [6.45, 7) is 7.46. The third-order valence-corrected chi connectivity index (χ3v) is 4.13. The van der Waals surface area contributed by atoms with E-state index in [4.69, 9.17) is 16.3 Å². The molecule has 21 heavy (non-hydrogen) atoms. The SMILES string of the molecule is CCNCc1cnn(Cc2cc(Cl)cc3c2OCC3)c1C. The average molecular weight is 306 g/mol. The summed E-state index contributed by atoms with van der Waals surface area (Å²) in [5.74, 6) is 0.988.